The lowest BCUT2D eigenvalue weighted by Crippen LogP contribution is -2.47. The Kier molecular flexibility index (Phi) is 9.56. The quantitative estimate of drug-likeness (QED) is 0.792. The molecule has 1 aromatic carbocycles. The van der Waals surface area contributed by atoms with Crippen molar-refractivity contribution in [3.05, 3.63) is 60.3 Å². The minimum atomic E-state index is -0.283. The first kappa shape index (κ1) is 23.2. The van der Waals surface area contributed by atoms with Crippen LogP contribution in [-0.4, -0.2) is 30.0 Å². The van der Waals surface area contributed by atoms with Crippen molar-refractivity contribution in [1.29, 1.82) is 0 Å². The van der Waals surface area contributed by atoms with E-state index in [9.17, 15) is 4.79 Å². The number of benzene rings is 1. The van der Waals surface area contributed by atoms with Gasteiger partial charge in [0.1, 0.15) is 5.82 Å². The lowest BCUT2D eigenvalue weighted by atomic mass is 9.94. The number of carbonyl (C=O) groups excluding carboxylic acids is 1. The van der Waals surface area contributed by atoms with Gasteiger partial charge < -0.3 is 16.0 Å². The maximum absolute atomic E-state index is 12.6. The first-order chi connectivity index (χ1) is 12.1. The largest absolute Gasteiger partial charge is 0.356 e. The Morgan fingerprint density at radius 3 is 2.33 bits per heavy atom. The third-order valence-corrected chi connectivity index (χ3v) is 4.95. The van der Waals surface area contributed by atoms with Crippen molar-refractivity contribution >= 4 is 36.5 Å². The molecule has 1 fully saturated rings. The minimum Gasteiger partial charge on any atom is -0.356 e. The molecule has 7 heteroatoms. The van der Waals surface area contributed by atoms with Crippen LogP contribution in [0.4, 0.5) is 5.82 Å². The summed E-state index contributed by atoms with van der Waals surface area (Å²) in [6.45, 7) is 3.71. The van der Waals surface area contributed by atoms with Crippen molar-refractivity contribution in [3.8, 4) is 0 Å². The number of nitrogens with one attached hydrogen (secondary N) is 1. The van der Waals surface area contributed by atoms with Crippen LogP contribution in [0.3, 0.4) is 0 Å². The highest BCUT2D eigenvalue weighted by Crippen LogP contribution is 2.21. The van der Waals surface area contributed by atoms with E-state index < -0.39 is 0 Å². The van der Waals surface area contributed by atoms with Crippen molar-refractivity contribution < 1.29 is 4.79 Å². The maximum Gasteiger partial charge on any atom is 0.224 e. The molecule has 27 heavy (non-hydrogen) atoms. The molecule has 1 aromatic heterocycles. The molecule has 2 aromatic rings. The van der Waals surface area contributed by atoms with Gasteiger partial charge in [0.2, 0.25) is 5.91 Å². The second-order valence-electron chi connectivity index (χ2n) is 6.68. The number of amides is 1. The van der Waals surface area contributed by atoms with Crippen LogP contribution in [0.1, 0.15) is 31.4 Å². The monoisotopic (exact) mass is 410 g/mol. The average molecular weight is 411 g/mol. The Bertz CT molecular complexity index is 679. The standard InChI is InChI=1S/C20H26N4O.2ClH/c1-15(19(21)16-7-3-2-4-8-16)20(25)23-17-10-13-24(14-11-17)18-9-5-6-12-22-18;;/h2-9,12,15,17,19H,10-11,13-14,21H2,1H3,(H,23,25);2*1H. The van der Waals surface area contributed by atoms with Gasteiger partial charge in [0.15, 0.2) is 0 Å². The molecule has 3 rings (SSSR count). The molecule has 0 spiro atoms. The minimum absolute atomic E-state index is 0. The number of anilines is 1. The zero-order valence-corrected chi connectivity index (χ0v) is 17.1. The van der Waals surface area contributed by atoms with E-state index in [1.807, 2.05) is 61.7 Å². The molecule has 0 aliphatic carbocycles. The molecule has 1 saturated heterocycles. The Labute approximate surface area is 173 Å². The molecule has 1 aliphatic rings. The van der Waals surface area contributed by atoms with Gasteiger partial charge in [-0.25, -0.2) is 4.98 Å². The molecule has 1 aliphatic heterocycles. The van der Waals surface area contributed by atoms with E-state index in [0.29, 0.717) is 0 Å². The first-order valence-corrected chi connectivity index (χ1v) is 8.92. The SMILES string of the molecule is CC(C(=O)NC1CCN(c2ccccn2)CC1)C(N)c1ccccc1.Cl.Cl. The molecule has 148 valence electrons. The molecule has 2 heterocycles. The first-order valence-electron chi connectivity index (χ1n) is 8.92. The normalized spacial score (nSPS) is 16.4. The number of hydrogen-bond acceptors (Lipinski definition) is 4. The number of hydrogen-bond donors (Lipinski definition) is 2. The molecule has 2 unspecified atom stereocenters. The highest BCUT2D eigenvalue weighted by Gasteiger charge is 2.26. The summed E-state index contributed by atoms with van der Waals surface area (Å²) in [5, 5.41) is 3.18. The van der Waals surface area contributed by atoms with Gasteiger partial charge in [0.25, 0.3) is 0 Å². The van der Waals surface area contributed by atoms with Gasteiger partial charge in [0.05, 0.1) is 5.92 Å². The predicted octanol–water partition coefficient (Wildman–Crippen LogP) is 3.35. The second-order valence-corrected chi connectivity index (χ2v) is 6.68. The molecule has 0 saturated carbocycles. The van der Waals surface area contributed by atoms with Crippen molar-refractivity contribution in [3.63, 3.8) is 0 Å². The zero-order chi connectivity index (χ0) is 17.6. The highest BCUT2D eigenvalue weighted by atomic mass is 35.5. The smallest absolute Gasteiger partial charge is 0.224 e. The molecule has 2 atom stereocenters. The molecule has 5 nitrogen and oxygen atoms in total. The van der Waals surface area contributed by atoms with Gasteiger partial charge in [-0.05, 0) is 30.5 Å². The highest BCUT2D eigenvalue weighted by molar-refractivity contribution is 5.85. The van der Waals surface area contributed by atoms with E-state index in [2.05, 4.69) is 15.2 Å². The lowest BCUT2D eigenvalue weighted by Gasteiger charge is -2.34. The fourth-order valence-corrected chi connectivity index (χ4v) is 3.25. The number of carbonyl (C=O) groups is 1. The summed E-state index contributed by atoms with van der Waals surface area (Å²) in [5.41, 5.74) is 7.26. The van der Waals surface area contributed by atoms with Crippen LogP contribution in [0.15, 0.2) is 54.7 Å². The summed E-state index contributed by atoms with van der Waals surface area (Å²) in [6, 6.07) is 15.7. The van der Waals surface area contributed by atoms with Crippen LogP contribution in [0.2, 0.25) is 0 Å². The van der Waals surface area contributed by atoms with Crippen molar-refractivity contribution in [1.82, 2.24) is 10.3 Å². The lowest BCUT2D eigenvalue weighted by molar-refractivity contribution is -0.126. The number of nitrogens with zero attached hydrogens (tertiary/aromatic N) is 2. The van der Waals surface area contributed by atoms with E-state index in [1.54, 1.807) is 0 Å². The third-order valence-electron chi connectivity index (χ3n) is 4.95. The third kappa shape index (κ3) is 6.09. The number of nitrogens with two attached hydrogens (primary N) is 1. The van der Waals surface area contributed by atoms with Gasteiger partial charge in [-0.3, -0.25) is 4.79 Å². The van der Waals surface area contributed by atoms with Crippen LogP contribution in [0, 0.1) is 5.92 Å². The summed E-state index contributed by atoms with van der Waals surface area (Å²) in [6.07, 6.45) is 3.67. The van der Waals surface area contributed by atoms with E-state index >= 15 is 0 Å². The van der Waals surface area contributed by atoms with Gasteiger partial charge in [-0.2, -0.15) is 0 Å². The van der Waals surface area contributed by atoms with Gasteiger partial charge in [-0.1, -0.05) is 43.3 Å². The Hall–Kier alpha value is -1.82. The summed E-state index contributed by atoms with van der Waals surface area (Å²) < 4.78 is 0. The fourth-order valence-electron chi connectivity index (χ4n) is 3.25. The number of halogens is 2. The molecule has 0 radical (unpaired) electrons. The Balaban J connectivity index is 0.00000182. The summed E-state index contributed by atoms with van der Waals surface area (Å²) >= 11 is 0. The average Bonchev–Trinajstić information content (AvgIpc) is 2.68. The number of pyridine rings is 1. The van der Waals surface area contributed by atoms with E-state index in [0.717, 1.165) is 37.3 Å². The van der Waals surface area contributed by atoms with Crippen LogP contribution in [0.5, 0.6) is 0 Å². The van der Waals surface area contributed by atoms with Gasteiger partial charge >= 0.3 is 0 Å². The van der Waals surface area contributed by atoms with E-state index in [-0.39, 0.29) is 48.7 Å². The second kappa shape index (κ2) is 11.1. The van der Waals surface area contributed by atoms with Gasteiger partial charge in [-0.15, -0.1) is 24.8 Å². The van der Waals surface area contributed by atoms with E-state index in [4.69, 9.17) is 5.73 Å². The Morgan fingerprint density at radius 2 is 1.74 bits per heavy atom. The zero-order valence-electron chi connectivity index (χ0n) is 15.5. The number of aromatic nitrogens is 1. The summed E-state index contributed by atoms with van der Waals surface area (Å²) in [4.78, 5) is 19.2. The van der Waals surface area contributed by atoms with Crippen LogP contribution < -0.4 is 16.0 Å². The van der Waals surface area contributed by atoms with Crippen LogP contribution in [-0.2, 0) is 4.79 Å². The molecule has 1 amide bonds. The van der Waals surface area contributed by atoms with E-state index in [1.165, 1.54) is 0 Å². The predicted molar refractivity (Wildman–Crippen MR) is 115 cm³/mol. The molecule has 3 N–H and O–H groups in total. The molecular formula is C20H28Cl2N4O. The Morgan fingerprint density at radius 1 is 1.11 bits per heavy atom. The van der Waals surface area contributed by atoms with Gasteiger partial charge in [0, 0.05) is 31.4 Å². The topological polar surface area (TPSA) is 71.2 Å². The maximum atomic E-state index is 12.6. The number of piperidine rings is 1. The van der Waals surface area contributed by atoms with Crippen molar-refractivity contribution in [2.24, 2.45) is 11.7 Å². The van der Waals surface area contributed by atoms with Crippen LogP contribution in [0.25, 0.3) is 0 Å². The van der Waals surface area contributed by atoms with Crippen molar-refractivity contribution in [2.75, 3.05) is 18.0 Å². The number of rotatable bonds is 5. The van der Waals surface area contributed by atoms with Crippen molar-refractivity contribution in [2.45, 2.75) is 31.8 Å². The fraction of sp³-hybridized carbons (Fsp3) is 0.400. The molecular weight excluding hydrogens is 383 g/mol. The summed E-state index contributed by atoms with van der Waals surface area (Å²) in [5.74, 6) is 0.788. The van der Waals surface area contributed by atoms with Crippen LogP contribution >= 0.6 is 24.8 Å². The summed E-state index contributed by atoms with van der Waals surface area (Å²) in [7, 11) is 0. The molecule has 0 bridgehead atoms.